The van der Waals surface area contributed by atoms with Crippen molar-refractivity contribution in [2.75, 3.05) is 0 Å². The Hall–Kier alpha value is -1.89. The number of halogens is 1. The zero-order chi connectivity index (χ0) is 16.5. The smallest absolute Gasteiger partial charge is 0.277 e. The minimum absolute atomic E-state index is 0.513. The highest BCUT2D eigenvalue weighted by molar-refractivity contribution is 7.98. The van der Waals surface area contributed by atoms with E-state index >= 15 is 0 Å². The fourth-order valence-electron chi connectivity index (χ4n) is 2.31. The van der Waals surface area contributed by atoms with Crippen LogP contribution >= 0.6 is 34.7 Å². The summed E-state index contributed by atoms with van der Waals surface area (Å²) >= 11 is 9.35. The number of pyridine rings is 1. The second-order valence-corrected chi connectivity index (χ2v) is 7.51. The molecule has 4 nitrogen and oxygen atoms in total. The normalized spacial score (nSPS) is 11.2. The monoisotopic (exact) mass is 373 g/mol. The number of thiophene rings is 1. The number of benzene rings is 1. The molecule has 24 heavy (non-hydrogen) atoms. The molecular weight excluding hydrogens is 362 g/mol. The van der Waals surface area contributed by atoms with Gasteiger partial charge in [-0.25, -0.2) is 4.98 Å². The molecule has 4 aromatic rings. The van der Waals surface area contributed by atoms with Crippen LogP contribution in [-0.4, -0.2) is 15.2 Å². The second-order valence-electron chi connectivity index (χ2n) is 5.27. The van der Waals surface area contributed by atoms with Gasteiger partial charge in [0.2, 0.25) is 0 Å². The Morgan fingerprint density at radius 2 is 2.12 bits per heavy atom. The zero-order valence-corrected chi connectivity index (χ0v) is 15.1. The van der Waals surface area contributed by atoms with Gasteiger partial charge in [0.15, 0.2) is 0 Å². The molecule has 7 heteroatoms. The van der Waals surface area contributed by atoms with E-state index in [1.165, 1.54) is 17.3 Å². The molecular formula is C17H12ClN3OS2. The maximum absolute atomic E-state index is 6.32. The number of fused-ring (bicyclic) bond motifs is 1. The minimum Gasteiger partial charge on any atom is -0.410 e. The summed E-state index contributed by atoms with van der Waals surface area (Å²) in [5.41, 5.74) is 3.03. The van der Waals surface area contributed by atoms with Gasteiger partial charge in [0.25, 0.3) is 11.1 Å². The molecule has 3 heterocycles. The maximum Gasteiger partial charge on any atom is 0.277 e. The molecule has 0 aliphatic rings. The van der Waals surface area contributed by atoms with Crippen LogP contribution in [0.4, 0.5) is 0 Å². The molecule has 0 radical (unpaired) electrons. The van der Waals surface area contributed by atoms with Crippen LogP contribution in [0, 0.1) is 6.92 Å². The molecule has 1 aromatic carbocycles. The fourth-order valence-corrected chi connectivity index (χ4v) is 3.98. The van der Waals surface area contributed by atoms with E-state index in [2.05, 4.69) is 33.4 Å². The van der Waals surface area contributed by atoms with E-state index in [1.807, 2.05) is 30.5 Å². The summed E-state index contributed by atoms with van der Waals surface area (Å²) in [5.74, 6) is 1.17. The average Bonchev–Trinajstić information content (AvgIpc) is 3.24. The van der Waals surface area contributed by atoms with Crippen LogP contribution in [0.1, 0.15) is 11.1 Å². The summed E-state index contributed by atoms with van der Waals surface area (Å²) in [6.07, 6.45) is 0. The summed E-state index contributed by atoms with van der Waals surface area (Å²) < 4.78 is 5.68. The number of aromatic nitrogens is 3. The van der Waals surface area contributed by atoms with Gasteiger partial charge in [-0.2, -0.15) is 0 Å². The predicted octanol–water partition coefficient (Wildman–Crippen LogP) is 5.60. The van der Waals surface area contributed by atoms with Crippen molar-refractivity contribution in [2.45, 2.75) is 17.9 Å². The predicted molar refractivity (Wildman–Crippen MR) is 98.7 cm³/mol. The molecule has 0 fully saturated rings. The van der Waals surface area contributed by atoms with Gasteiger partial charge >= 0.3 is 0 Å². The molecule has 0 spiro atoms. The largest absolute Gasteiger partial charge is 0.410 e. The maximum atomic E-state index is 6.32. The van der Waals surface area contributed by atoms with Gasteiger partial charge in [0, 0.05) is 16.7 Å². The molecule has 4 rings (SSSR count). The SMILES string of the molecule is Cc1ccc2cc(CSc3nnc(-c4cccs4)o3)c(Cl)nc2c1. The number of hydrogen-bond acceptors (Lipinski definition) is 6. The van der Waals surface area contributed by atoms with Gasteiger partial charge in [0.1, 0.15) is 5.15 Å². The van der Waals surface area contributed by atoms with Gasteiger partial charge < -0.3 is 4.42 Å². The van der Waals surface area contributed by atoms with E-state index in [0.717, 1.165) is 21.3 Å². The van der Waals surface area contributed by atoms with Gasteiger partial charge in [-0.15, -0.1) is 21.5 Å². The number of hydrogen-bond donors (Lipinski definition) is 0. The number of thioether (sulfide) groups is 1. The van der Waals surface area contributed by atoms with Crippen molar-refractivity contribution in [3.05, 3.63) is 58.1 Å². The molecule has 0 N–H and O–H groups in total. The molecule has 0 aliphatic carbocycles. The van der Waals surface area contributed by atoms with Crippen molar-refractivity contribution in [1.29, 1.82) is 0 Å². The first kappa shape index (κ1) is 15.6. The Bertz CT molecular complexity index is 998. The highest BCUT2D eigenvalue weighted by atomic mass is 35.5. The second kappa shape index (κ2) is 6.55. The number of rotatable bonds is 4. The molecule has 0 unspecified atom stereocenters. The lowest BCUT2D eigenvalue weighted by Crippen LogP contribution is -1.89. The summed E-state index contributed by atoms with van der Waals surface area (Å²) in [4.78, 5) is 5.45. The summed E-state index contributed by atoms with van der Waals surface area (Å²) in [6, 6.07) is 12.1. The quantitative estimate of drug-likeness (QED) is 0.344. The lowest BCUT2D eigenvalue weighted by molar-refractivity contribution is 0.466. The third-order valence-corrected chi connectivity index (χ3v) is 5.54. The molecule has 3 aromatic heterocycles. The molecule has 0 saturated carbocycles. The molecule has 0 bridgehead atoms. The molecule has 120 valence electrons. The lowest BCUT2D eigenvalue weighted by atomic mass is 10.1. The van der Waals surface area contributed by atoms with Crippen molar-refractivity contribution >= 4 is 45.6 Å². The van der Waals surface area contributed by atoms with Crippen LogP contribution in [0.15, 0.2) is 51.4 Å². The highest BCUT2D eigenvalue weighted by Gasteiger charge is 2.12. The zero-order valence-electron chi connectivity index (χ0n) is 12.7. The van der Waals surface area contributed by atoms with E-state index in [-0.39, 0.29) is 0 Å². The van der Waals surface area contributed by atoms with Crippen LogP contribution in [0.5, 0.6) is 0 Å². The first-order valence-corrected chi connectivity index (χ1v) is 9.49. The number of aryl methyl sites for hydroxylation is 1. The number of nitrogens with zero attached hydrogens (tertiary/aromatic N) is 3. The first-order valence-electron chi connectivity index (χ1n) is 7.25. The van der Waals surface area contributed by atoms with Crippen LogP contribution < -0.4 is 0 Å². The average molecular weight is 374 g/mol. The third-order valence-electron chi connectivity index (χ3n) is 3.49. The van der Waals surface area contributed by atoms with Crippen LogP contribution in [0.25, 0.3) is 21.7 Å². The molecule has 0 atom stereocenters. The van der Waals surface area contributed by atoms with Gasteiger partial charge in [0.05, 0.1) is 10.4 Å². The van der Waals surface area contributed by atoms with Crippen molar-refractivity contribution in [1.82, 2.24) is 15.2 Å². The fraction of sp³-hybridized carbons (Fsp3) is 0.118. The third kappa shape index (κ3) is 3.17. The van der Waals surface area contributed by atoms with Crippen molar-refractivity contribution in [2.24, 2.45) is 0 Å². The van der Waals surface area contributed by atoms with Crippen molar-refractivity contribution in [3.63, 3.8) is 0 Å². The van der Waals surface area contributed by atoms with Gasteiger partial charge in [-0.1, -0.05) is 41.6 Å². The van der Waals surface area contributed by atoms with E-state index in [0.29, 0.717) is 22.0 Å². The van der Waals surface area contributed by atoms with E-state index in [9.17, 15) is 0 Å². The Labute approximate surface area is 151 Å². The van der Waals surface area contributed by atoms with Gasteiger partial charge in [-0.05, 0) is 36.1 Å². The Morgan fingerprint density at radius 3 is 2.96 bits per heavy atom. The van der Waals surface area contributed by atoms with E-state index in [1.54, 1.807) is 11.3 Å². The Balaban J connectivity index is 1.54. The topological polar surface area (TPSA) is 51.8 Å². The molecule has 0 aliphatic heterocycles. The van der Waals surface area contributed by atoms with Crippen LogP contribution in [0.2, 0.25) is 5.15 Å². The van der Waals surface area contributed by atoms with Crippen LogP contribution in [0.3, 0.4) is 0 Å². The minimum atomic E-state index is 0.513. The van der Waals surface area contributed by atoms with Crippen molar-refractivity contribution < 1.29 is 4.42 Å². The summed E-state index contributed by atoms with van der Waals surface area (Å²) in [7, 11) is 0. The lowest BCUT2D eigenvalue weighted by Gasteiger charge is -2.05. The highest BCUT2D eigenvalue weighted by Crippen LogP contribution is 2.30. The Morgan fingerprint density at radius 1 is 1.21 bits per heavy atom. The van der Waals surface area contributed by atoms with Gasteiger partial charge in [-0.3, -0.25) is 0 Å². The first-order chi connectivity index (χ1) is 11.7. The standard InChI is InChI=1S/C17H12ClN3OS2/c1-10-4-5-11-8-12(15(18)19-13(11)7-10)9-24-17-21-20-16(22-17)14-3-2-6-23-14/h2-8H,9H2,1H3. The van der Waals surface area contributed by atoms with E-state index in [4.69, 9.17) is 16.0 Å². The van der Waals surface area contributed by atoms with Crippen molar-refractivity contribution in [3.8, 4) is 10.8 Å². The van der Waals surface area contributed by atoms with Crippen LogP contribution in [-0.2, 0) is 5.75 Å². The molecule has 0 saturated heterocycles. The summed E-state index contributed by atoms with van der Waals surface area (Å²) in [6.45, 7) is 2.04. The summed E-state index contributed by atoms with van der Waals surface area (Å²) in [5, 5.41) is 12.3. The molecule has 0 amide bonds. The van der Waals surface area contributed by atoms with E-state index < -0.39 is 0 Å². The Kier molecular flexibility index (Phi) is 4.26.